The van der Waals surface area contributed by atoms with Crippen LogP contribution in [0.25, 0.3) is 0 Å². The fourth-order valence-corrected chi connectivity index (χ4v) is 7.61. The summed E-state index contributed by atoms with van der Waals surface area (Å²) in [6.45, 7) is 0.734. The van der Waals surface area contributed by atoms with Gasteiger partial charge in [-0.15, -0.1) is 0 Å². The molecule has 1 nitrogen and oxygen atoms in total. The molecule has 1 unspecified atom stereocenters. The van der Waals surface area contributed by atoms with Crippen LogP contribution >= 0.6 is 6.04 Å². The summed E-state index contributed by atoms with van der Waals surface area (Å²) in [6, 6.07) is 27.8. The molecule has 3 aromatic rings. The van der Waals surface area contributed by atoms with E-state index in [0.717, 1.165) is 18.5 Å². The first-order valence-corrected chi connectivity index (χ1v) is 11.2. The molecular formula is C21H19OPS. The van der Waals surface area contributed by atoms with Crippen molar-refractivity contribution in [2.45, 2.75) is 5.92 Å². The minimum absolute atomic E-state index is 0.368. The van der Waals surface area contributed by atoms with Crippen molar-refractivity contribution in [2.75, 3.05) is 12.8 Å². The van der Waals surface area contributed by atoms with Crippen LogP contribution in [0.5, 0.6) is 5.75 Å². The molecule has 1 heterocycles. The summed E-state index contributed by atoms with van der Waals surface area (Å²) in [5.41, 5.74) is 1.30. The van der Waals surface area contributed by atoms with Crippen LogP contribution in [0.2, 0.25) is 0 Å². The molecule has 1 aliphatic rings. The summed E-state index contributed by atoms with van der Waals surface area (Å²) in [7, 11) is 0. The minimum atomic E-state index is -1.88. The maximum absolute atomic E-state index is 6.36. The van der Waals surface area contributed by atoms with E-state index in [9.17, 15) is 0 Å². The SMILES string of the molecule is S=P(CC1COc2ccccc21)(c1ccccc1)c1ccccc1. The van der Waals surface area contributed by atoms with Gasteiger partial charge in [0.05, 0.1) is 6.61 Å². The number of para-hydroxylation sites is 1. The van der Waals surface area contributed by atoms with Crippen LogP contribution < -0.4 is 15.3 Å². The lowest BCUT2D eigenvalue weighted by molar-refractivity contribution is 0.338. The molecular weight excluding hydrogens is 331 g/mol. The number of ether oxygens (including phenoxy) is 1. The Kier molecular flexibility index (Phi) is 4.26. The first-order chi connectivity index (χ1) is 11.8. The van der Waals surface area contributed by atoms with Gasteiger partial charge in [-0.1, -0.05) is 90.7 Å². The highest BCUT2D eigenvalue weighted by atomic mass is 32.4. The van der Waals surface area contributed by atoms with Gasteiger partial charge in [-0.25, -0.2) is 0 Å². The third-order valence-corrected chi connectivity index (χ3v) is 9.55. The van der Waals surface area contributed by atoms with Crippen molar-refractivity contribution >= 4 is 28.5 Å². The highest BCUT2D eigenvalue weighted by molar-refractivity contribution is 8.21. The van der Waals surface area contributed by atoms with Crippen molar-refractivity contribution < 1.29 is 4.74 Å². The van der Waals surface area contributed by atoms with Crippen LogP contribution in [0.3, 0.4) is 0 Å². The number of rotatable bonds is 4. The third-order valence-electron chi connectivity index (χ3n) is 4.62. The molecule has 0 saturated carbocycles. The summed E-state index contributed by atoms with van der Waals surface area (Å²) >= 11 is 6.36. The molecule has 0 aromatic heterocycles. The van der Waals surface area contributed by atoms with Crippen LogP contribution in [0.1, 0.15) is 11.5 Å². The molecule has 0 N–H and O–H groups in total. The highest BCUT2D eigenvalue weighted by Gasteiger charge is 2.31. The predicted octanol–water partition coefficient (Wildman–Crippen LogP) is 4.29. The Bertz CT molecular complexity index is 833. The largest absolute Gasteiger partial charge is 0.493 e. The quantitative estimate of drug-likeness (QED) is 0.649. The lowest BCUT2D eigenvalue weighted by Crippen LogP contribution is -2.22. The van der Waals surface area contributed by atoms with Crippen molar-refractivity contribution in [1.29, 1.82) is 0 Å². The molecule has 3 aromatic carbocycles. The van der Waals surface area contributed by atoms with Gasteiger partial charge in [0.1, 0.15) is 5.75 Å². The molecule has 0 radical (unpaired) electrons. The Hall–Kier alpha value is -1.89. The summed E-state index contributed by atoms with van der Waals surface area (Å²) in [6.07, 6.45) is 0.966. The van der Waals surface area contributed by atoms with E-state index in [1.807, 2.05) is 6.07 Å². The predicted molar refractivity (Wildman–Crippen MR) is 106 cm³/mol. The lowest BCUT2D eigenvalue weighted by Gasteiger charge is -2.26. The van der Waals surface area contributed by atoms with Crippen molar-refractivity contribution in [1.82, 2.24) is 0 Å². The standard InChI is InChI=1S/C21H19OPS/c24-23(18-9-3-1-4-10-18,19-11-5-2-6-12-19)16-17-15-22-21-14-8-7-13-20(17)21/h1-14,17H,15-16H2. The summed E-state index contributed by atoms with van der Waals surface area (Å²) < 4.78 is 5.90. The van der Waals surface area contributed by atoms with Gasteiger partial charge in [-0.05, 0) is 22.8 Å². The van der Waals surface area contributed by atoms with Crippen LogP contribution in [0.15, 0.2) is 84.9 Å². The van der Waals surface area contributed by atoms with E-state index in [1.165, 1.54) is 16.2 Å². The zero-order valence-electron chi connectivity index (χ0n) is 13.3. The molecule has 120 valence electrons. The maximum Gasteiger partial charge on any atom is 0.122 e. The third kappa shape index (κ3) is 2.81. The fourth-order valence-electron chi connectivity index (χ4n) is 3.39. The van der Waals surface area contributed by atoms with E-state index in [4.69, 9.17) is 16.5 Å². The lowest BCUT2D eigenvalue weighted by atomic mass is 10.0. The fraction of sp³-hybridized carbons (Fsp3) is 0.143. The molecule has 0 spiro atoms. The molecule has 0 bridgehead atoms. The van der Waals surface area contributed by atoms with Crippen molar-refractivity contribution in [3.8, 4) is 5.75 Å². The second kappa shape index (κ2) is 6.55. The Morgan fingerprint density at radius 3 is 1.96 bits per heavy atom. The van der Waals surface area contributed by atoms with Gasteiger partial charge in [0.25, 0.3) is 0 Å². The van der Waals surface area contributed by atoms with Crippen molar-refractivity contribution in [2.24, 2.45) is 0 Å². The Balaban J connectivity index is 1.77. The highest BCUT2D eigenvalue weighted by Crippen LogP contribution is 2.50. The summed E-state index contributed by atoms with van der Waals surface area (Å²) in [5.74, 6) is 1.39. The average Bonchev–Trinajstić information content (AvgIpc) is 3.06. The number of fused-ring (bicyclic) bond motifs is 1. The van der Waals surface area contributed by atoms with Gasteiger partial charge in [0.2, 0.25) is 0 Å². The molecule has 24 heavy (non-hydrogen) atoms. The summed E-state index contributed by atoms with van der Waals surface area (Å²) in [5, 5.41) is 2.58. The zero-order valence-corrected chi connectivity index (χ0v) is 15.0. The molecule has 0 saturated heterocycles. The number of benzene rings is 3. The van der Waals surface area contributed by atoms with E-state index in [1.54, 1.807) is 0 Å². The van der Waals surface area contributed by atoms with Gasteiger partial charge in [-0.3, -0.25) is 0 Å². The topological polar surface area (TPSA) is 9.23 Å². The van der Waals surface area contributed by atoms with Gasteiger partial charge < -0.3 is 4.74 Å². The zero-order chi connectivity index (χ0) is 16.4. The van der Waals surface area contributed by atoms with E-state index >= 15 is 0 Å². The second-order valence-electron chi connectivity index (χ2n) is 6.14. The molecule has 0 amide bonds. The minimum Gasteiger partial charge on any atom is -0.493 e. The van der Waals surface area contributed by atoms with Gasteiger partial charge in [0.15, 0.2) is 0 Å². The summed E-state index contributed by atoms with van der Waals surface area (Å²) in [4.78, 5) is 0. The molecule has 1 aliphatic heterocycles. The molecule has 3 heteroatoms. The van der Waals surface area contributed by atoms with E-state index in [0.29, 0.717) is 5.92 Å². The number of hydrogen-bond donors (Lipinski definition) is 0. The van der Waals surface area contributed by atoms with E-state index < -0.39 is 6.04 Å². The number of hydrogen-bond acceptors (Lipinski definition) is 2. The second-order valence-corrected chi connectivity index (χ2v) is 10.9. The van der Waals surface area contributed by atoms with Crippen LogP contribution in [-0.2, 0) is 11.8 Å². The smallest absolute Gasteiger partial charge is 0.122 e. The van der Waals surface area contributed by atoms with Crippen LogP contribution in [0, 0.1) is 0 Å². The average molecular weight is 350 g/mol. The van der Waals surface area contributed by atoms with Crippen molar-refractivity contribution in [3.05, 3.63) is 90.5 Å². The molecule has 1 atom stereocenters. The first kappa shape index (κ1) is 15.6. The first-order valence-electron chi connectivity index (χ1n) is 8.19. The van der Waals surface area contributed by atoms with Gasteiger partial charge in [-0.2, -0.15) is 0 Å². The Morgan fingerprint density at radius 1 is 0.792 bits per heavy atom. The van der Waals surface area contributed by atoms with Crippen LogP contribution in [0.4, 0.5) is 0 Å². The van der Waals surface area contributed by atoms with E-state index in [2.05, 4.69) is 78.9 Å². The molecule has 0 fully saturated rings. The molecule has 0 aliphatic carbocycles. The van der Waals surface area contributed by atoms with Gasteiger partial charge >= 0.3 is 0 Å². The van der Waals surface area contributed by atoms with Gasteiger partial charge in [0, 0.05) is 17.5 Å². The van der Waals surface area contributed by atoms with E-state index in [-0.39, 0.29) is 0 Å². The Labute approximate surface area is 148 Å². The van der Waals surface area contributed by atoms with Crippen molar-refractivity contribution in [3.63, 3.8) is 0 Å². The van der Waals surface area contributed by atoms with Crippen LogP contribution in [-0.4, -0.2) is 12.8 Å². The Morgan fingerprint density at radius 2 is 1.33 bits per heavy atom. The maximum atomic E-state index is 6.36. The normalized spacial score (nSPS) is 16.4. The molecule has 4 rings (SSSR count). The monoisotopic (exact) mass is 350 g/mol.